The van der Waals surface area contributed by atoms with Crippen molar-refractivity contribution in [1.82, 2.24) is 10.2 Å². The van der Waals surface area contributed by atoms with E-state index in [4.69, 9.17) is 9.47 Å². The Labute approximate surface area is 166 Å². The third-order valence-electron chi connectivity index (χ3n) is 3.87. The van der Waals surface area contributed by atoms with Crippen molar-refractivity contribution in [2.75, 3.05) is 40.4 Å². The first-order valence-electron chi connectivity index (χ1n) is 7.28. The molecule has 1 heterocycles. The number of hydrogen-bond donors (Lipinski definition) is 1. The Morgan fingerprint density at radius 2 is 1.60 bits per heavy atom. The Hall–Kier alpha value is -0.410. The van der Waals surface area contributed by atoms with Crippen LogP contribution in [-0.4, -0.2) is 51.5 Å². The van der Waals surface area contributed by atoms with Gasteiger partial charge in [-0.2, -0.15) is 13.2 Å². The molecule has 1 atom stereocenters. The Bertz CT molecular complexity index is 519. The maximum Gasteiger partial charge on any atom is 0.390 e. The average Bonchev–Trinajstić information content (AvgIpc) is 2.53. The van der Waals surface area contributed by atoms with Gasteiger partial charge in [0.25, 0.3) is 0 Å². The van der Waals surface area contributed by atoms with E-state index in [0.717, 1.165) is 0 Å². The first-order valence-corrected chi connectivity index (χ1v) is 8.08. The van der Waals surface area contributed by atoms with Crippen molar-refractivity contribution in [1.29, 1.82) is 0 Å². The normalized spacial score (nSPS) is 16.4. The van der Waals surface area contributed by atoms with Gasteiger partial charge in [-0.15, -0.1) is 24.8 Å². The van der Waals surface area contributed by atoms with Crippen molar-refractivity contribution in [3.05, 3.63) is 22.2 Å². The molecule has 2 rings (SSSR count). The molecule has 146 valence electrons. The molecule has 1 aromatic rings. The molecule has 10 heteroatoms. The van der Waals surface area contributed by atoms with Crippen molar-refractivity contribution >= 4 is 40.7 Å². The summed E-state index contributed by atoms with van der Waals surface area (Å²) in [6.45, 7) is 2.50. The predicted octanol–water partition coefficient (Wildman–Crippen LogP) is 4.21. The van der Waals surface area contributed by atoms with E-state index in [-0.39, 0.29) is 24.8 Å². The minimum absolute atomic E-state index is 0. The molecule has 1 N–H and O–H groups in total. The van der Waals surface area contributed by atoms with Crippen LogP contribution in [0.1, 0.15) is 18.0 Å². The summed E-state index contributed by atoms with van der Waals surface area (Å²) in [7, 11) is 2.96. The van der Waals surface area contributed by atoms with Gasteiger partial charge in [0.15, 0.2) is 0 Å². The monoisotopic (exact) mass is 468 g/mol. The van der Waals surface area contributed by atoms with Gasteiger partial charge in [0.05, 0.1) is 20.6 Å². The molecule has 0 unspecified atom stereocenters. The summed E-state index contributed by atoms with van der Waals surface area (Å²) in [5.41, 5.74) is 0.543. The number of benzene rings is 1. The Morgan fingerprint density at radius 1 is 1.12 bits per heavy atom. The highest BCUT2D eigenvalue weighted by atomic mass is 79.9. The molecule has 25 heavy (non-hydrogen) atoms. The van der Waals surface area contributed by atoms with Crippen molar-refractivity contribution in [2.24, 2.45) is 0 Å². The van der Waals surface area contributed by atoms with Crippen LogP contribution in [0.25, 0.3) is 0 Å². The second-order valence-electron chi connectivity index (χ2n) is 5.36. The highest BCUT2D eigenvalue weighted by Gasteiger charge is 2.36. The van der Waals surface area contributed by atoms with Crippen molar-refractivity contribution in [3.8, 4) is 11.5 Å². The summed E-state index contributed by atoms with van der Waals surface area (Å²) in [4.78, 5) is 1.85. The third kappa shape index (κ3) is 6.67. The van der Waals surface area contributed by atoms with Crippen LogP contribution in [0, 0.1) is 0 Å². The number of halogens is 6. The third-order valence-corrected chi connectivity index (χ3v) is 4.65. The molecule has 0 aromatic heterocycles. The summed E-state index contributed by atoms with van der Waals surface area (Å²) in [6, 6.07) is 2.53. The molecule has 0 spiro atoms. The highest BCUT2D eigenvalue weighted by molar-refractivity contribution is 9.10. The van der Waals surface area contributed by atoms with Gasteiger partial charge in [-0.3, -0.25) is 4.90 Å². The molecule has 1 fully saturated rings. The lowest BCUT2D eigenvalue weighted by Gasteiger charge is -2.36. The summed E-state index contributed by atoms with van der Waals surface area (Å²) in [5, 5.41) is 3.16. The second-order valence-corrected chi connectivity index (χ2v) is 6.15. The lowest BCUT2D eigenvalue weighted by atomic mass is 10.00. The van der Waals surface area contributed by atoms with E-state index < -0.39 is 18.6 Å². The minimum atomic E-state index is -4.25. The summed E-state index contributed by atoms with van der Waals surface area (Å²) in [5.74, 6) is 0.920. The second kappa shape index (κ2) is 10.7. The Balaban J connectivity index is 0.00000288. The lowest BCUT2D eigenvalue weighted by Crippen LogP contribution is -2.46. The van der Waals surface area contributed by atoms with Crippen LogP contribution in [0.3, 0.4) is 0 Å². The van der Waals surface area contributed by atoms with Crippen LogP contribution >= 0.6 is 40.7 Å². The largest absolute Gasteiger partial charge is 0.495 e. The van der Waals surface area contributed by atoms with Crippen LogP contribution in [0.5, 0.6) is 11.5 Å². The van der Waals surface area contributed by atoms with Crippen molar-refractivity contribution < 1.29 is 22.6 Å². The maximum atomic E-state index is 13.1. The highest BCUT2D eigenvalue weighted by Crippen LogP contribution is 2.41. The van der Waals surface area contributed by atoms with Crippen LogP contribution in [-0.2, 0) is 0 Å². The zero-order valence-electron chi connectivity index (χ0n) is 13.9. The number of methoxy groups -OCH3 is 2. The number of piperazine rings is 1. The minimum Gasteiger partial charge on any atom is -0.495 e. The number of alkyl halides is 3. The van der Waals surface area contributed by atoms with Gasteiger partial charge >= 0.3 is 6.18 Å². The molecular weight excluding hydrogens is 448 g/mol. The zero-order chi connectivity index (χ0) is 17.0. The van der Waals surface area contributed by atoms with E-state index in [9.17, 15) is 13.2 Å². The van der Waals surface area contributed by atoms with E-state index in [1.54, 1.807) is 12.1 Å². The SMILES string of the molecule is COc1cc([C@@H](CC(F)(F)F)N2CCNCC2)cc(OC)c1Br.Cl.Cl. The van der Waals surface area contributed by atoms with Crippen LogP contribution in [0.15, 0.2) is 16.6 Å². The summed E-state index contributed by atoms with van der Waals surface area (Å²) >= 11 is 3.35. The maximum absolute atomic E-state index is 13.1. The van der Waals surface area contributed by atoms with Gasteiger partial charge < -0.3 is 14.8 Å². The van der Waals surface area contributed by atoms with E-state index in [1.807, 2.05) is 4.90 Å². The molecule has 1 saturated heterocycles. The van der Waals surface area contributed by atoms with E-state index in [2.05, 4.69) is 21.2 Å². The van der Waals surface area contributed by atoms with Crippen molar-refractivity contribution in [3.63, 3.8) is 0 Å². The molecule has 1 aliphatic rings. The van der Waals surface area contributed by atoms with E-state index in [1.165, 1.54) is 14.2 Å². The fraction of sp³-hybridized carbons (Fsp3) is 0.600. The van der Waals surface area contributed by atoms with E-state index in [0.29, 0.717) is 47.7 Å². The van der Waals surface area contributed by atoms with Gasteiger partial charge in [-0.1, -0.05) is 0 Å². The van der Waals surface area contributed by atoms with Crippen LogP contribution < -0.4 is 14.8 Å². The lowest BCUT2D eigenvalue weighted by molar-refractivity contribution is -0.148. The molecular formula is C15H22BrCl2F3N2O2. The number of nitrogens with one attached hydrogen (secondary N) is 1. The predicted molar refractivity (Wildman–Crippen MR) is 99.6 cm³/mol. The quantitative estimate of drug-likeness (QED) is 0.700. The number of hydrogen-bond acceptors (Lipinski definition) is 4. The zero-order valence-corrected chi connectivity index (χ0v) is 17.1. The smallest absolute Gasteiger partial charge is 0.390 e. The number of rotatable bonds is 5. The molecule has 0 amide bonds. The molecule has 4 nitrogen and oxygen atoms in total. The first-order chi connectivity index (χ1) is 10.9. The van der Waals surface area contributed by atoms with Crippen LogP contribution in [0.2, 0.25) is 0 Å². The average molecular weight is 470 g/mol. The van der Waals surface area contributed by atoms with Gasteiger partial charge in [-0.05, 0) is 33.6 Å². The van der Waals surface area contributed by atoms with Gasteiger partial charge in [0.1, 0.15) is 16.0 Å². The van der Waals surface area contributed by atoms with Gasteiger partial charge in [-0.25, -0.2) is 0 Å². The van der Waals surface area contributed by atoms with Gasteiger partial charge in [0, 0.05) is 32.2 Å². The van der Waals surface area contributed by atoms with Crippen molar-refractivity contribution in [2.45, 2.75) is 18.6 Å². The standard InChI is InChI=1S/C15H20BrF3N2O2.2ClH/c1-22-12-7-10(8-13(23-2)14(12)16)11(9-15(17,18)19)21-5-3-20-4-6-21;;/h7-8,11,20H,3-6,9H2,1-2H3;2*1H/t11-;;/m1../s1. The number of ether oxygens (including phenoxy) is 2. The Kier molecular flexibility index (Phi) is 10.5. The molecule has 0 aliphatic carbocycles. The summed E-state index contributed by atoms with van der Waals surface area (Å²) < 4.78 is 50.3. The molecule has 0 bridgehead atoms. The fourth-order valence-corrected chi connectivity index (χ4v) is 3.31. The van der Waals surface area contributed by atoms with Gasteiger partial charge in [0.2, 0.25) is 0 Å². The first kappa shape index (κ1) is 24.6. The molecule has 0 radical (unpaired) electrons. The molecule has 1 aromatic carbocycles. The van der Waals surface area contributed by atoms with Crippen LogP contribution in [0.4, 0.5) is 13.2 Å². The topological polar surface area (TPSA) is 33.7 Å². The molecule has 1 aliphatic heterocycles. The fourth-order valence-electron chi connectivity index (χ4n) is 2.75. The number of nitrogens with zero attached hydrogens (tertiary/aromatic N) is 1. The summed E-state index contributed by atoms with van der Waals surface area (Å²) in [6.07, 6.45) is -5.15. The Morgan fingerprint density at radius 3 is 2.00 bits per heavy atom. The van der Waals surface area contributed by atoms with E-state index >= 15 is 0 Å². The molecule has 0 saturated carbocycles.